The van der Waals surface area contributed by atoms with Crippen LogP contribution in [0.2, 0.25) is 0 Å². The van der Waals surface area contributed by atoms with E-state index in [0.29, 0.717) is 18.7 Å². The molecule has 2 rings (SSSR count). The zero-order valence-electron chi connectivity index (χ0n) is 12.0. The number of nitrogens with one attached hydrogen (secondary N) is 2. The molecule has 1 amide bonds. The Morgan fingerprint density at radius 3 is 2.81 bits per heavy atom. The first-order valence-electron chi connectivity index (χ1n) is 6.88. The van der Waals surface area contributed by atoms with E-state index in [-0.39, 0.29) is 17.8 Å². The standard InChI is InChI=1S/C14H20N2O4S/c1-15-21(18,19)10-12-5-2-4-11(8-12)9-16-14(17)13-6-3-7-20-13/h2,4-5,8,13,15H,3,6-7,9-10H2,1H3,(H,16,17)/t13-/m1/s1. The van der Waals surface area contributed by atoms with E-state index in [1.165, 1.54) is 7.05 Å². The molecule has 1 aliphatic heterocycles. The van der Waals surface area contributed by atoms with Gasteiger partial charge in [0, 0.05) is 13.2 Å². The molecule has 1 aliphatic rings. The maximum absolute atomic E-state index is 11.8. The molecule has 1 aromatic carbocycles. The van der Waals surface area contributed by atoms with E-state index in [9.17, 15) is 13.2 Å². The van der Waals surface area contributed by atoms with Crippen LogP contribution in [-0.4, -0.2) is 34.1 Å². The number of carbonyl (C=O) groups excluding carboxylic acids is 1. The number of carbonyl (C=O) groups is 1. The van der Waals surface area contributed by atoms with Gasteiger partial charge in [-0.3, -0.25) is 4.79 Å². The molecule has 0 spiro atoms. The number of ether oxygens (including phenoxy) is 1. The first kappa shape index (κ1) is 15.9. The molecule has 1 fully saturated rings. The molecule has 0 saturated carbocycles. The lowest BCUT2D eigenvalue weighted by molar-refractivity contribution is -0.130. The van der Waals surface area contributed by atoms with E-state index >= 15 is 0 Å². The molecule has 6 nitrogen and oxygen atoms in total. The van der Waals surface area contributed by atoms with Crippen LogP contribution in [0, 0.1) is 0 Å². The molecule has 1 saturated heterocycles. The molecule has 0 radical (unpaired) electrons. The van der Waals surface area contributed by atoms with Gasteiger partial charge in [-0.05, 0) is 31.0 Å². The Labute approximate surface area is 124 Å². The SMILES string of the molecule is CNS(=O)(=O)Cc1cccc(CNC(=O)[C@H]2CCCO2)c1. The number of hydrogen-bond acceptors (Lipinski definition) is 4. The Balaban J connectivity index is 1.93. The third-order valence-electron chi connectivity index (χ3n) is 3.35. The van der Waals surface area contributed by atoms with E-state index in [4.69, 9.17) is 4.74 Å². The molecule has 1 aromatic rings. The molecule has 0 unspecified atom stereocenters. The van der Waals surface area contributed by atoms with Crippen molar-refractivity contribution in [2.45, 2.75) is 31.2 Å². The molecule has 116 valence electrons. The normalized spacial score (nSPS) is 18.6. The van der Waals surface area contributed by atoms with Gasteiger partial charge in [0.25, 0.3) is 0 Å². The highest BCUT2D eigenvalue weighted by molar-refractivity contribution is 7.88. The minimum absolute atomic E-state index is 0.0724. The fourth-order valence-corrected chi connectivity index (χ4v) is 2.97. The summed E-state index contributed by atoms with van der Waals surface area (Å²) in [4.78, 5) is 11.8. The van der Waals surface area contributed by atoms with Crippen LogP contribution in [0.3, 0.4) is 0 Å². The van der Waals surface area contributed by atoms with E-state index in [0.717, 1.165) is 18.4 Å². The number of amides is 1. The van der Waals surface area contributed by atoms with E-state index < -0.39 is 10.0 Å². The molecule has 1 atom stereocenters. The molecule has 0 bridgehead atoms. The smallest absolute Gasteiger partial charge is 0.249 e. The van der Waals surface area contributed by atoms with Crippen LogP contribution in [0.4, 0.5) is 0 Å². The third kappa shape index (κ3) is 4.80. The summed E-state index contributed by atoms with van der Waals surface area (Å²) in [5.74, 6) is -0.183. The minimum atomic E-state index is -3.29. The van der Waals surface area contributed by atoms with Crippen molar-refractivity contribution in [2.24, 2.45) is 0 Å². The Morgan fingerprint density at radius 1 is 1.38 bits per heavy atom. The number of sulfonamides is 1. The number of hydrogen-bond donors (Lipinski definition) is 2. The first-order chi connectivity index (χ1) is 10.00. The predicted molar refractivity (Wildman–Crippen MR) is 78.9 cm³/mol. The second kappa shape index (κ2) is 7.02. The van der Waals surface area contributed by atoms with Crippen molar-refractivity contribution in [3.63, 3.8) is 0 Å². The molecule has 1 heterocycles. The van der Waals surface area contributed by atoms with Crippen LogP contribution in [0.15, 0.2) is 24.3 Å². The number of rotatable bonds is 6. The highest BCUT2D eigenvalue weighted by Crippen LogP contribution is 2.13. The maximum atomic E-state index is 11.8. The first-order valence-corrected chi connectivity index (χ1v) is 8.54. The van der Waals surface area contributed by atoms with Crippen molar-refractivity contribution in [1.29, 1.82) is 0 Å². The van der Waals surface area contributed by atoms with Gasteiger partial charge in [0.1, 0.15) is 6.10 Å². The van der Waals surface area contributed by atoms with Gasteiger partial charge in [-0.25, -0.2) is 13.1 Å². The van der Waals surface area contributed by atoms with Gasteiger partial charge in [0.2, 0.25) is 15.9 Å². The molecular weight excluding hydrogens is 292 g/mol. The van der Waals surface area contributed by atoms with Crippen molar-refractivity contribution < 1.29 is 17.9 Å². The zero-order chi connectivity index (χ0) is 15.3. The van der Waals surface area contributed by atoms with E-state index in [1.54, 1.807) is 18.2 Å². The minimum Gasteiger partial charge on any atom is -0.368 e. The lowest BCUT2D eigenvalue weighted by Crippen LogP contribution is -2.33. The summed E-state index contributed by atoms with van der Waals surface area (Å²) in [5, 5.41) is 2.82. The van der Waals surface area contributed by atoms with Gasteiger partial charge in [0.15, 0.2) is 0 Å². The summed E-state index contributed by atoms with van der Waals surface area (Å²) < 4.78 is 30.6. The summed E-state index contributed by atoms with van der Waals surface area (Å²) >= 11 is 0. The van der Waals surface area contributed by atoms with Gasteiger partial charge < -0.3 is 10.1 Å². The number of benzene rings is 1. The Bertz CT molecular complexity index is 595. The summed E-state index contributed by atoms with van der Waals surface area (Å²) in [6, 6.07) is 7.17. The summed E-state index contributed by atoms with van der Waals surface area (Å²) in [6.07, 6.45) is 1.32. The Kier molecular flexibility index (Phi) is 5.33. The molecular formula is C14H20N2O4S. The summed E-state index contributed by atoms with van der Waals surface area (Å²) in [6.45, 7) is 1.00. The van der Waals surface area contributed by atoms with Crippen LogP contribution in [0.5, 0.6) is 0 Å². The Morgan fingerprint density at radius 2 is 2.14 bits per heavy atom. The van der Waals surface area contributed by atoms with Crippen LogP contribution in [0.1, 0.15) is 24.0 Å². The second-order valence-electron chi connectivity index (χ2n) is 5.00. The van der Waals surface area contributed by atoms with Crippen molar-refractivity contribution in [3.8, 4) is 0 Å². The van der Waals surface area contributed by atoms with Crippen LogP contribution < -0.4 is 10.0 Å². The zero-order valence-corrected chi connectivity index (χ0v) is 12.8. The van der Waals surface area contributed by atoms with Crippen molar-refractivity contribution in [2.75, 3.05) is 13.7 Å². The van der Waals surface area contributed by atoms with Crippen LogP contribution in [-0.2, 0) is 31.9 Å². The fourth-order valence-electron chi connectivity index (χ4n) is 2.21. The van der Waals surface area contributed by atoms with Crippen molar-refractivity contribution in [3.05, 3.63) is 35.4 Å². The average Bonchev–Trinajstić information content (AvgIpc) is 2.99. The van der Waals surface area contributed by atoms with Crippen molar-refractivity contribution in [1.82, 2.24) is 10.0 Å². The third-order valence-corrected chi connectivity index (χ3v) is 4.68. The van der Waals surface area contributed by atoms with Gasteiger partial charge >= 0.3 is 0 Å². The van der Waals surface area contributed by atoms with Gasteiger partial charge in [0.05, 0.1) is 5.75 Å². The molecule has 7 heteroatoms. The van der Waals surface area contributed by atoms with Gasteiger partial charge in [-0.15, -0.1) is 0 Å². The molecule has 0 aliphatic carbocycles. The summed E-state index contributed by atoms with van der Waals surface area (Å²) in [5.41, 5.74) is 1.55. The molecule has 21 heavy (non-hydrogen) atoms. The molecule has 0 aromatic heterocycles. The van der Waals surface area contributed by atoms with E-state index in [1.807, 2.05) is 6.07 Å². The largest absolute Gasteiger partial charge is 0.368 e. The van der Waals surface area contributed by atoms with Crippen molar-refractivity contribution >= 4 is 15.9 Å². The van der Waals surface area contributed by atoms with Gasteiger partial charge in [-0.2, -0.15) is 0 Å². The lowest BCUT2D eigenvalue weighted by Gasteiger charge is -2.11. The van der Waals surface area contributed by atoms with Gasteiger partial charge in [-0.1, -0.05) is 24.3 Å². The topological polar surface area (TPSA) is 84.5 Å². The lowest BCUT2D eigenvalue weighted by atomic mass is 10.1. The predicted octanol–water partition coefficient (Wildman–Crippen LogP) is 0.531. The van der Waals surface area contributed by atoms with Crippen LogP contribution >= 0.6 is 0 Å². The Hall–Kier alpha value is -1.44. The monoisotopic (exact) mass is 312 g/mol. The highest BCUT2D eigenvalue weighted by Gasteiger charge is 2.23. The van der Waals surface area contributed by atoms with E-state index in [2.05, 4.69) is 10.0 Å². The maximum Gasteiger partial charge on any atom is 0.249 e. The second-order valence-corrected chi connectivity index (χ2v) is 6.93. The highest BCUT2D eigenvalue weighted by atomic mass is 32.2. The molecule has 2 N–H and O–H groups in total. The fraction of sp³-hybridized carbons (Fsp3) is 0.500. The van der Waals surface area contributed by atoms with Crippen LogP contribution in [0.25, 0.3) is 0 Å². The average molecular weight is 312 g/mol. The summed E-state index contributed by atoms with van der Waals surface area (Å²) in [7, 11) is -1.90. The quantitative estimate of drug-likeness (QED) is 0.802.